The molecule has 0 heterocycles. The van der Waals surface area contributed by atoms with E-state index in [0.717, 1.165) is 11.1 Å². The minimum absolute atomic E-state index is 0.141. The summed E-state index contributed by atoms with van der Waals surface area (Å²) in [6.07, 6.45) is 0. The Morgan fingerprint density at radius 2 is 1.83 bits per heavy atom. The monoisotopic (exact) mass is 250 g/mol. The van der Waals surface area contributed by atoms with E-state index >= 15 is 0 Å². The van der Waals surface area contributed by atoms with Gasteiger partial charge in [-0.2, -0.15) is 0 Å². The van der Waals surface area contributed by atoms with E-state index < -0.39 is 17.5 Å². The number of aliphatic hydroxyl groups is 1. The van der Waals surface area contributed by atoms with Crippen molar-refractivity contribution in [2.45, 2.75) is 40.2 Å². The highest BCUT2D eigenvalue weighted by atomic mass is 16.4. The second kappa shape index (κ2) is 5.11. The molecule has 2 unspecified atom stereocenters. The Labute approximate surface area is 108 Å². The average molecular weight is 250 g/mol. The van der Waals surface area contributed by atoms with Crippen LogP contribution in [0.5, 0.6) is 0 Å². The highest BCUT2D eigenvalue weighted by Crippen LogP contribution is 2.36. The number of rotatable bonds is 4. The minimum atomic E-state index is -1.36. The van der Waals surface area contributed by atoms with Gasteiger partial charge in [-0.15, -0.1) is 0 Å². The smallest absolute Gasteiger partial charge is 0.310 e. The molecule has 0 aromatic heterocycles. The van der Waals surface area contributed by atoms with Gasteiger partial charge < -0.3 is 10.2 Å². The van der Waals surface area contributed by atoms with Crippen LogP contribution in [0.15, 0.2) is 18.2 Å². The van der Waals surface area contributed by atoms with Crippen molar-refractivity contribution in [3.63, 3.8) is 0 Å². The molecule has 0 bridgehead atoms. The Morgan fingerprint density at radius 3 is 2.22 bits per heavy atom. The van der Waals surface area contributed by atoms with E-state index in [1.54, 1.807) is 6.92 Å². The molecular formula is C15H22O3. The summed E-state index contributed by atoms with van der Waals surface area (Å²) >= 11 is 0. The molecule has 3 nitrogen and oxygen atoms in total. The largest absolute Gasteiger partial charge is 0.481 e. The van der Waals surface area contributed by atoms with Crippen LogP contribution >= 0.6 is 0 Å². The van der Waals surface area contributed by atoms with Crippen molar-refractivity contribution in [2.75, 3.05) is 0 Å². The molecule has 2 N–H and O–H groups in total. The van der Waals surface area contributed by atoms with Crippen LogP contribution in [0.25, 0.3) is 0 Å². The van der Waals surface area contributed by atoms with Gasteiger partial charge in [-0.1, -0.05) is 37.6 Å². The maximum atomic E-state index is 11.4. The van der Waals surface area contributed by atoms with Crippen molar-refractivity contribution in [3.8, 4) is 0 Å². The van der Waals surface area contributed by atoms with Crippen LogP contribution < -0.4 is 0 Å². The molecule has 1 aromatic carbocycles. The third-order valence-electron chi connectivity index (χ3n) is 3.47. The van der Waals surface area contributed by atoms with Gasteiger partial charge in [0.2, 0.25) is 0 Å². The van der Waals surface area contributed by atoms with E-state index in [9.17, 15) is 15.0 Å². The first-order chi connectivity index (χ1) is 8.17. The van der Waals surface area contributed by atoms with Crippen LogP contribution in [-0.4, -0.2) is 16.2 Å². The van der Waals surface area contributed by atoms with Gasteiger partial charge in [0.25, 0.3) is 0 Å². The van der Waals surface area contributed by atoms with E-state index in [1.165, 1.54) is 0 Å². The van der Waals surface area contributed by atoms with Crippen LogP contribution in [0.4, 0.5) is 0 Å². The average Bonchev–Trinajstić information content (AvgIpc) is 2.13. The molecule has 2 atom stereocenters. The zero-order valence-corrected chi connectivity index (χ0v) is 11.7. The van der Waals surface area contributed by atoms with Crippen LogP contribution in [0.2, 0.25) is 0 Å². The molecule has 0 saturated carbocycles. The predicted octanol–water partition coefficient (Wildman–Crippen LogP) is 2.87. The van der Waals surface area contributed by atoms with E-state index in [0.29, 0.717) is 5.56 Å². The fraction of sp³-hybridized carbons (Fsp3) is 0.533. The van der Waals surface area contributed by atoms with Gasteiger partial charge in [0.15, 0.2) is 0 Å². The summed E-state index contributed by atoms with van der Waals surface area (Å²) in [5, 5.41) is 20.0. The third kappa shape index (κ3) is 2.72. The number of hydrogen-bond donors (Lipinski definition) is 2. The lowest BCUT2D eigenvalue weighted by Gasteiger charge is -2.34. The maximum Gasteiger partial charge on any atom is 0.310 e. The predicted molar refractivity (Wildman–Crippen MR) is 71.5 cm³/mol. The lowest BCUT2D eigenvalue weighted by Crippen LogP contribution is -2.41. The van der Waals surface area contributed by atoms with Gasteiger partial charge in [-0.05, 0) is 37.8 Å². The summed E-state index contributed by atoms with van der Waals surface area (Å²) in [6, 6.07) is 5.68. The molecule has 1 rings (SSSR count). The molecule has 0 fully saturated rings. The van der Waals surface area contributed by atoms with Crippen LogP contribution in [0.1, 0.15) is 37.5 Å². The Morgan fingerprint density at radius 1 is 1.28 bits per heavy atom. The molecule has 0 radical (unpaired) electrons. The van der Waals surface area contributed by atoms with Crippen LogP contribution in [0, 0.1) is 25.7 Å². The molecule has 0 spiro atoms. The van der Waals surface area contributed by atoms with Crippen molar-refractivity contribution in [1.82, 2.24) is 0 Å². The highest BCUT2D eigenvalue weighted by Gasteiger charge is 2.41. The second-order valence-corrected chi connectivity index (χ2v) is 5.53. The van der Waals surface area contributed by atoms with Crippen LogP contribution in [0.3, 0.4) is 0 Å². The Hall–Kier alpha value is -1.35. The Kier molecular flexibility index (Phi) is 4.17. The number of carbonyl (C=O) groups is 1. The van der Waals surface area contributed by atoms with E-state index in [2.05, 4.69) is 0 Å². The van der Waals surface area contributed by atoms with E-state index in [-0.39, 0.29) is 5.92 Å². The standard InChI is InChI=1S/C15H22O3/c1-9(2)13(14(16)17)15(5,18)12-7-6-10(3)8-11(12)4/h6-9,13,18H,1-5H3,(H,16,17). The van der Waals surface area contributed by atoms with Crippen molar-refractivity contribution in [3.05, 3.63) is 34.9 Å². The quantitative estimate of drug-likeness (QED) is 0.864. The molecule has 100 valence electrons. The van der Waals surface area contributed by atoms with E-state index in [1.807, 2.05) is 45.9 Å². The fourth-order valence-corrected chi connectivity index (χ4v) is 2.72. The number of aliphatic carboxylic acids is 1. The number of carboxylic acid groups (broad SMARTS) is 1. The van der Waals surface area contributed by atoms with Gasteiger partial charge >= 0.3 is 5.97 Å². The SMILES string of the molecule is Cc1ccc(C(C)(O)C(C(=O)O)C(C)C)c(C)c1. The molecule has 18 heavy (non-hydrogen) atoms. The van der Waals surface area contributed by atoms with Gasteiger partial charge in [-0.3, -0.25) is 4.79 Å². The Bertz CT molecular complexity index is 447. The van der Waals surface area contributed by atoms with Crippen molar-refractivity contribution in [1.29, 1.82) is 0 Å². The first-order valence-electron chi connectivity index (χ1n) is 6.20. The number of aryl methyl sites for hydroxylation is 2. The van der Waals surface area contributed by atoms with Gasteiger partial charge in [0.1, 0.15) is 5.60 Å². The van der Waals surface area contributed by atoms with Gasteiger partial charge in [0.05, 0.1) is 5.92 Å². The molecule has 0 aliphatic carbocycles. The highest BCUT2D eigenvalue weighted by molar-refractivity contribution is 5.72. The Balaban J connectivity index is 3.30. The normalized spacial score (nSPS) is 16.4. The first kappa shape index (κ1) is 14.7. The lowest BCUT2D eigenvalue weighted by molar-refractivity contribution is -0.155. The summed E-state index contributed by atoms with van der Waals surface area (Å²) < 4.78 is 0. The van der Waals surface area contributed by atoms with Crippen molar-refractivity contribution < 1.29 is 15.0 Å². The number of hydrogen-bond acceptors (Lipinski definition) is 2. The zero-order chi connectivity index (χ0) is 14.1. The van der Waals surface area contributed by atoms with Gasteiger partial charge in [0, 0.05) is 0 Å². The van der Waals surface area contributed by atoms with Crippen molar-refractivity contribution >= 4 is 5.97 Å². The summed E-state index contributed by atoms with van der Waals surface area (Å²) in [5.74, 6) is -1.92. The summed E-state index contributed by atoms with van der Waals surface area (Å²) in [4.78, 5) is 11.4. The molecular weight excluding hydrogens is 228 g/mol. The lowest BCUT2D eigenvalue weighted by atomic mass is 9.75. The molecule has 0 aliphatic rings. The molecule has 0 amide bonds. The molecule has 0 saturated heterocycles. The van der Waals surface area contributed by atoms with E-state index in [4.69, 9.17) is 0 Å². The molecule has 0 aliphatic heterocycles. The second-order valence-electron chi connectivity index (χ2n) is 5.53. The van der Waals surface area contributed by atoms with Crippen LogP contribution in [-0.2, 0) is 10.4 Å². The summed E-state index contributed by atoms with van der Waals surface area (Å²) in [5.41, 5.74) is 1.35. The first-order valence-corrected chi connectivity index (χ1v) is 6.20. The number of carboxylic acids is 1. The molecule has 1 aromatic rings. The number of benzene rings is 1. The molecule has 3 heteroatoms. The minimum Gasteiger partial charge on any atom is -0.481 e. The van der Waals surface area contributed by atoms with Gasteiger partial charge in [-0.25, -0.2) is 0 Å². The summed E-state index contributed by atoms with van der Waals surface area (Å²) in [7, 11) is 0. The zero-order valence-electron chi connectivity index (χ0n) is 11.7. The third-order valence-corrected chi connectivity index (χ3v) is 3.47. The summed E-state index contributed by atoms with van der Waals surface area (Å²) in [6.45, 7) is 9.09. The maximum absolute atomic E-state index is 11.4. The fourth-order valence-electron chi connectivity index (χ4n) is 2.72. The van der Waals surface area contributed by atoms with Crippen molar-refractivity contribution in [2.24, 2.45) is 11.8 Å². The topological polar surface area (TPSA) is 57.5 Å².